The Labute approximate surface area is 126 Å². The lowest BCUT2D eigenvalue weighted by molar-refractivity contribution is 0.0946. The summed E-state index contributed by atoms with van der Waals surface area (Å²) in [6.45, 7) is 1.90. The predicted molar refractivity (Wildman–Crippen MR) is 77.9 cm³/mol. The number of carbonyl (C=O) groups is 2. The van der Waals surface area contributed by atoms with E-state index in [1.165, 1.54) is 12.4 Å². The van der Waals surface area contributed by atoms with Crippen molar-refractivity contribution in [3.63, 3.8) is 0 Å². The van der Waals surface area contributed by atoms with Crippen LogP contribution in [0.2, 0.25) is 0 Å². The standard InChI is InChI=1S/C14H14N6O2/c1-9(6-15)7-17-14(22)12-11(8-18-20-12)19-13(21)10-4-2-3-5-16-10/h2-5,8-9H,7H2,1H3,(H,17,22)(H,18,20)(H,19,21). The highest BCUT2D eigenvalue weighted by Crippen LogP contribution is 2.12. The van der Waals surface area contributed by atoms with Crippen molar-refractivity contribution in [1.29, 1.82) is 5.26 Å². The van der Waals surface area contributed by atoms with E-state index in [1.54, 1.807) is 25.1 Å². The smallest absolute Gasteiger partial charge is 0.274 e. The zero-order valence-corrected chi connectivity index (χ0v) is 11.8. The summed E-state index contributed by atoms with van der Waals surface area (Å²) in [5, 5.41) is 20.1. The van der Waals surface area contributed by atoms with Crippen LogP contribution >= 0.6 is 0 Å². The number of nitrogens with one attached hydrogen (secondary N) is 3. The summed E-state index contributed by atoms with van der Waals surface area (Å²) in [7, 11) is 0. The topological polar surface area (TPSA) is 124 Å². The van der Waals surface area contributed by atoms with E-state index >= 15 is 0 Å². The third kappa shape index (κ3) is 3.67. The largest absolute Gasteiger partial charge is 0.349 e. The number of nitrogens with zero attached hydrogens (tertiary/aromatic N) is 3. The molecule has 22 heavy (non-hydrogen) atoms. The second-order valence-electron chi connectivity index (χ2n) is 4.57. The normalized spacial score (nSPS) is 11.3. The van der Waals surface area contributed by atoms with Gasteiger partial charge in [0.2, 0.25) is 0 Å². The fourth-order valence-electron chi connectivity index (χ4n) is 1.62. The highest BCUT2D eigenvalue weighted by molar-refractivity contribution is 6.07. The van der Waals surface area contributed by atoms with Crippen LogP contribution in [0.1, 0.15) is 27.9 Å². The summed E-state index contributed by atoms with van der Waals surface area (Å²) in [4.78, 5) is 27.9. The molecule has 0 fully saturated rings. The van der Waals surface area contributed by atoms with Gasteiger partial charge in [-0.05, 0) is 19.1 Å². The van der Waals surface area contributed by atoms with E-state index < -0.39 is 11.8 Å². The van der Waals surface area contributed by atoms with Crippen LogP contribution in [0.25, 0.3) is 0 Å². The number of carbonyl (C=O) groups excluding carboxylic acids is 2. The Kier molecular flexibility index (Phi) is 4.82. The number of nitriles is 1. The van der Waals surface area contributed by atoms with Gasteiger partial charge in [-0.3, -0.25) is 19.7 Å². The van der Waals surface area contributed by atoms with Gasteiger partial charge in [-0.15, -0.1) is 0 Å². The molecule has 0 aliphatic heterocycles. The molecule has 2 aromatic rings. The molecule has 1 unspecified atom stereocenters. The predicted octanol–water partition coefficient (Wildman–Crippen LogP) is 0.946. The van der Waals surface area contributed by atoms with Gasteiger partial charge in [-0.25, -0.2) is 0 Å². The monoisotopic (exact) mass is 298 g/mol. The summed E-state index contributed by atoms with van der Waals surface area (Å²) in [5.41, 5.74) is 0.598. The Balaban J connectivity index is 2.05. The van der Waals surface area contributed by atoms with Crippen LogP contribution in [0.3, 0.4) is 0 Å². The fraction of sp³-hybridized carbons (Fsp3) is 0.214. The molecule has 8 nitrogen and oxygen atoms in total. The number of rotatable bonds is 5. The van der Waals surface area contributed by atoms with Crippen LogP contribution in [0.5, 0.6) is 0 Å². The maximum absolute atomic E-state index is 12.0. The maximum atomic E-state index is 12.0. The second-order valence-corrected chi connectivity index (χ2v) is 4.57. The van der Waals surface area contributed by atoms with Crippen molar-refractivity contribution in [2.24, 2.45) is 5.92 Å². The molecular formula is C14H14N6O2. The lowest BCUT2D eigenvalue weighted by Crippen LogP contribution is -2.29. The molecule has 0 saturated heterocycles. The minimum absolute atomic E-state index is 0.120. The zero-order chi connectivity index (χ0) is 15.9. The molecule has 0 spiro atoms. The molecular weight excluding hydrogens is 284 g/mol. The molecule has 2 heterocycles. The molecule has 0 radical (unpaired) electrons. The first-order valence-electron chi connectivity index (χ1n) is 6.55. The van der Waals surface area contributed by atoms with Crippen LogP contribution in [0, 0.1) is 17.2 Å². The molecule has 0 saturated carbocycles. The number of hydrogen-bond donors (Lipinski definition) is 3. The minimum Gasteiger partial charge on any atom is -0.349 e. The number of aromatic amines is 1. The first kappa shape index (κ1) is 15.2. The van der Waals surface area contributed by atoms with E-state index in [9.17, 15) is 9.59 Å². The van der Waals surface area contributed by atoms with Crippen LogP contribution in [-0.4, -0.2) is 33.5 Å². The van der Waals surface area contributed by atoms with Crippen molar-refractivity contribution in [3.05, 3.63) is 42.0 Å². The van der Waals surface area contributed by atoms with E-state index in [4.69, 9.17) is 5.26 Å². The average molecular weight is 298 g/mol. The molecule has 0 aliphatic carbocycles. The number of H-pyrrole nitrogens is 1. The van der Waals surface area contributed by atoms with Crippen molar-refractivity contribution in [2.45, 2.75) is 6.92 Å². The summed E-state index contributed by atoms with van der Waals surface area (Å²) in [5.74, 6) is -1.20. The van der Waals surface area contributed by atoms with Crippen molar-refractivity contribution < 1.29 is 9.59 Å². The SMILES string of the molecule is CC(C#N)CNC(=O)c1[nH]ncc1NC(=O)c1ccccn1. The van der Waals surface area contributed by atoms with Gasteiger partial charge in [0.1, 0.15) is 11.4 Å². The molecule has 0 bridgehead atoms. The molecule has 0 aliphatic rings. The molecule has 2 amide bonds. The van der Waals surface area contributed by atoms with Gasteiger partial charge in [0.15, 0.2) is 0 Å². The van der Waals surface area contributed by atoms with Gasteiger partial charge in [-0.2, -0.15) is 10.4 Å². The molecule has 3 N–H and O–H groups in total. The van der Waals surface area contributed by atoms with Gasteiger partial charge in [-0.1, -0.05) is 6.07 Å². The highest BCUT2D eigenvalue weighted by atomic mass is 16.2. The molecule has 1 atom stereocenters. The van der Waals surface area contributed by atoms with Gasteiger partial charge in [0.05, 0.1) is 23.9 Å². The van der Waals surface area contributed by atoms with E-state index in [0.29, 0.717) is 0 Å². The molecule has 8 heteroatoms. The Morgan fingerprint density at radius 1 is 1.41 bits per heavy atom. The van der Waals surface area contributed by atoms with Gasteiger partial charge < -0.3 is 10.6 Å². The van der Waals surface area contributed by atoms with Crippen molar-refractivity contribution in [1.82, 2.24) is 20.5 Å². The van der Waals surface area contributed by atoms with Crippen molar-refractivity contribution in [2.75, 3.05) is 11.9 Å². The van der Waals surface area contributed by atoms with Crippen LogP contribution in [-0.2, 0) is 0 Å². The number of anilines is 1. The highest BCUT2D eigenvalue weighted by Gasteiger charge is 2.17. The Bertz CT molecular complexity index is 704. The maximum Gasteiger partial charge on any atom is 0.274 e. The minimum atomic E-state index is -0.448. The summed E-state index contributed by atoms with van der Waals surface area (Å²) in [6.07, 6.45) is 2.84. The third-order valence-corrected chi connectivity index (χ3v) is 2.80. The third-order valence-electron chi connectivity index (χ3n) is 2.80. The Hall–Kier alpha value is -3.21. The zero-order valence-electron chi connectivity index (χ0n) is 11.8. The summed E-state index contributed by atoms with van der Waals surface area (Å²) in [6, 6.07) is 6.96. The van der Waals surface area contributed by atoms with Gasteiger partial charge in [0, 0.05) is 12.7 Å². The van der Waals surface area contributed by atoms with E-state index in [-0.39, 0.29) is 29.5 Å². The Morgan fingerprint density at radius 2 is 2.23 bits per heavy atom. The van der Waals surface area contributed by atoms with E-state index in [2.05, 4.69) is 25.8 Å². The first-order chi connectivity index (χ1) is 10.6. The molecule has 2 aromatic heterocycles. The quantitative estimate of drug-likeness (QED) is 0.758. The lowest BCUT2D eigenvalue weighted by Gasteiger charge is -2.07. The molecule has 2 rings (SSSR count). The van der Waals surface area contributed by atoms with Crippen LogP contribution in [0.4, 0.5) is 5.69 Å². The molecule has 0 aromatic carbocycles. The summed E-state index contributed by atoms with van der Waals surface area (Å²) >= 11 is 0. The average Bonchev–Trinajstić information content (AvgIpc) is 3.01. The van der Waals surface area contributed by atoms with Gasteiger partial charge >= 0.3 is 0 Å². The van der Waals surface area contributed by atoms with Crippen molar-refractivity contribution >= 4 is 17.5 Å². The van der Waals surface area contributed by atoms with Crippen LogP contribution in [0.15, 0.2) is 30.6 Å². The Morgan fingerprint density at radius 3 is 2.91 bits per heavy atom. The first-order valence-corrected chi connectivity index (χ1v) is 6.55. The van der Waals surface area contributed by atoms with E-state index in [0.717, 1.165) is 0 Å². The number of pyridine rings is 1. The number of aromatic nitrogens is 3. The second kappa shape index (κ2) is 6.99. The van der Waals surface area contributed by atoms with Crippen molar-refractivity contribution in [3.8, 4) is 6.07 Å². The fourth-order valence-corrected chi connectivity index (χ4v) is 1.62. The lowest BCUT2D eigenvalue weighted by atomic mass is 10.2. The van der Waals surface area contributed by atoms with E-state index in [1.807, 2.05) is 6.07 Å². The number of amides is 2. The number of hydrogen-bond acceptors (Lipinski definition) is 5. The van der Waals surface area contributed by atoms with Gasteiger partial charge in [0.25, 0.3) is 11.8 Å². The summed E-state index contributed by atoms with van der Waals surface area (Å²) < 4.78 is 0. The van der Waals surface area contributed by atoms with Crippen LogP contribution < -0.4 is 10.6 Å². The molecule has 112 valence electrons.